The van der Waals surface area contributed by atoms with Gasteiger partial charge in [0.2, 0.25) is 0 Å². The number of nitrogens with zero attached hydrogens (tertiary/aromatic N) is 2. The number of nitrogens with one attached hydrogen (secondary N) is 1. The molecule has 0 saturated heterocycles. The van der Waals surface area contributed by atoms with Crippen molar-refractivity contribution in [2.45, 2.75) is 6.92 Å². The van der Waals surface area contributed by atoms with Crippen molar-refractivity contribution in [3.8, 4) is 0 Å². The first-order valence-electron chi connectivity index (χ1n) is 5.60. The number of aromatic carboxylic acids is 1. The van der Waals surface area contributed by atoms with Gasteiger partial charge >= 0.3 is 5.97 Å². The molecule has 2 heterocycles. The van der Waals surface area contributed by atoms with Crippen LogP contribution in [0.4, 0.5) is 5.69 Å². The molecule has 0 fully saturated rings. The smallest absolute Gasteiger partial charge is 0.337 e. The Morgan fingerprint density at radius 1 is 1.35 bits per heavy atom. The van der Waals surface area contributed by atoms with Crippen LogP contribution in [0.2, 0.25) is 5.15 Å². The van der Waals surface area contributed by atoms with Gasteiger partial charge in [0, 0.05) is 17.5 Å². The van der Waals surface area contributed by atoms with Crippen molar-refractivity contribution in [1.82, 2.24) is 9.97 Å². The molecule has 102 valence electrons. The number of carboxylic acid groups (broad SMARTS) is 1. The van der Waals surface area contributed by atoms with E-state index in [9.17, 15) is 9.59 Å². The molecule has 0 spiro atoms. The van der Waals surface area contributed by atoms with Crippen molar-refractivity contribution in [2.75, 3.05) is 5.32 Å². The van der Waals surface area contributed by atoms with Gasteiger partial charge in [0.1, 0.15) is 5.15 Å². The highest BCUT2D eigenvalue weighted by molar-refractivity contribution is 6.29. The number of rotatable bonds is 3. The first kappa shape index (κ1) is 14.0. The molecule has 0 atom stereocenters. The lowest BCUT2D eigenvalue weighted by molar-refractivity contribution is 0.0698. The van der Waals surface area contributed by atoms with Crippen LogP contribution in [0.1, 0.15) is 26.4 Å². The molecule has 0 radical (unpaired) electrons. The fourth-order valence-electron chi connectivity index (χ4n) is 1.63. The minimum atomic E-state index is -1.15. The van der Waals surface area contributed by atoms with Crippen molar-refractivity contribution in [2.24, 2.45) is 0 Å². The standard InChI is InChI=1S/C13H10ClN3O3/c1-7-4-8(5-11(14)16-7)12(18)17-10-6-15-3-2-9(10)13(19)20/h2-6H,1H3,(H,17,18)(H,19,20). The molecule has 0 unspecified atom stereocenters. The third-order valence-corrected chi connectivity index (χ3v) is 2.68. The molecule has 2 rings (SSSR count). The van der Waals surface area contributed by atoms with E-state index in [4.69, 9.17) is 16.7 Å². The van der Waals surface area contributed by atoms with Crippen molar-refractivity contribution in [3.63, 3.8) is 0 Å². The summed E-state index contributed by atoms with van der Waals surface area (Å²) in [5.74, 6) is -1.63. The fraction of sp³-hybridized carbons (Fsp3) is 0.0769. The number of hydrogen-bond acceptors (Lipinski definition) is 4. The van der Waals surface area contributed by atoms with Crippen molar-refractivity contribution >= 4 is 29.2 Å². The molecule has 7 heteroatoms. The molecule has 2 aromatic heterocycles. The molecule has 0 aliphatic rings. The predicted molar refractivity (Wildman–Crippen MR) is 73.1 cm³/mol. The minimum absolute atomic E-state index is 0.0368. The monoisotopic (exact) mass is 291 g/mol. The van der Waals surface area contributed by atoms with Crippen LogP contribution in [0.5, 0.6) is 0 Å². The second-order valence-electron chi connectivity index (χ2n) is 4.00. The predicted octanol–water partition coefficient (Wildman–Crippen LogP) is 2.39. The number of amides is 1. The highest BCUT2D eigenvalue weighted by atomic mass is 35.5. The van der Waals surface area contributed by atoms with Gasteiger partial charge < -0.3 is 10.4 Å². The largest absolute Gasteiger partial charge is 0.478 e. The summed E-state index contributed by atoms with van der Waals surface area (Å²) in [5, 5.41) is 11.7. The summed E-state index contributed by atoms with van der Waals surface area (Å²) < 4.78 is 0. The maximum absolute atomic E-state index is 12.1. The Morgan fingerprint density at radius 3 is 2.75 bits per heavy atom. The van der Waals surface area contributed by atoms with Gasteiger partial charge in [-0.05, 0) is 25.1 Å². The number of hydrogen-bond donors (Lipinski definition) is 2. The molecule has 2 aromatic rings. The van der Waals surface area contributed by atoms with Gasteiger partial charge in [-0.2, -0.15) is 0 Å². The average molecular weight is 292 g/mol. The Bertz CT molecular complexity index is 668. The second-order valence-corrected chi connectivity index (χ2v) is 4.39. The molecule has 2 N–H and O–H groups in total. The summed E-state index contributed by atoms with van der Waals surface area (Å²) in [6, 6.07) is 4.27. The summed E-state index contributed by atoms with van der Waals surface area (Å²) in [7, 11) is 0. The molecule has 0 bridgehead atoms. The average Bonchev–Trinajstić information content (AvgIpc) is 2.37. The van der Waals surface area contributed by atoms with E-state index in [-0.39, 0.29) is 16.4 Å². The van der Waals surface area contributed by atoms with E-state index >= 15 is 0 Å². The van der Waals surface area contributed by atoms with E-state index in [1.54, 1.807) is 13.0 Å². The van der Waals surface area contributed by atoms with Crippen LogP contribution in [0.25, 0.3) is 0 Å². The van der Waals surface area contributed by atoms with Crippen LogP contribution < -0.4 is 5.32 Å². The molecule has 6 nitrogen and oxygen atoms in total. The van der Waals surface area contributed by atoms with Gasteiger partial charge in [-0.3, -0.25) is 9.78 Å². The SMILES string of the molecule is Cc1cc(C(=O)Nc2cnccc2C(=O)O)cc(Cl)n1. The lowest BCUT2D eigenvalue weighted by Gasteiger charge is -2.08. The Balaban J connectivity index is 2.30. The van der Waals surface area contributed by atoms with Gasteiger partial charge in [-0.15, -0.1) is 0 Å². The zero-order valence-corrected chi connectivity index (χ0v) is 11.2. The Hall–Kier alpha value is -2.47. The van der Waals surface area contributed by atoms with Crippen LogP contribution in [0.15, 0.2) is 30.6 Å². The Morgan fingerprint density at radius 2 is 2.10 bits per heavy atom. The van der Waals surface area contributed by atoms with Gasteiger partial charge in [0.25, 0.3) is 5.91 Å². The van der Waals surface area contributed by atoms with E-state index in [0.29, 0.717) is 11.3 Å². The Kier molecular flexibility index (Phi) is 3.95. The lowest BCUT2D eigenvalue weighted by Crippen LogP contribution is -2.15. The maximum Gasteiger partial charge on any atom is 0.337 e. The molecule has 20 heavy (non-hydrogen) atoms. The molecule has 0 aliphatic carbocycles. The highest BCUT2D eigenvalue weighted by Gasteiger charge is 2.14. The molecule has 1 amide bonds. The number of halogens is 1. The van der Waals surface area contributed by atoms with Crippen LogP contribution in [-0.2, 0) is 0 Å². The summed E-state index contributed by atoms with van der Waals surface area (Å²) in [6.45, 7) is 1.70. The van der Waals surface area contributed by atoms with Crippen molar-refractivity contribution in [3.05, 3.63) is 52.6 Å². The normalized spacial score (nSPS) is 10.1. The maximum atomic E-state index is 12.1. The van der Waals surface area contributed by atoms with Gasteiger partial charge in [0.05, 0.1) is 17.4 Å². The molecule has 0 saturated carbocycles. The summed E-state index contributed by atoms with van der Waals surface area (Å²) in [5.41, 5.74) is 0.968. The van der Waals surface area contributed by atoms with E-state index in [1.807, 2.05) is 0 Å². The van der Waals surface area contributed by atoms with Gasteiger partial charge in [-0.25, -0.2) is 9.78 Å². The number of aryl methyl sites for hydroxylation is 1. The van der Waals surface area contributed by atoms with E-state index < -0.39 is 11.9 Å². The number of pyridine rings is 2. The number of anilines is 1. The quantitative estimate of drug-likeness (QED) is 0.847. The van der Waals surface area contributed by atoms with Crippen LogP contribution in [0.3, 0.4) is 0 Å². The first-order chi connectivity index (χ1) is 9.47. The molecular weight excluding hydrogens is 282 g/mol. The third-order valence-electron chi connectivity index (χ3n) is 2.48. The van der Waals surface area contributed by atoms with Gasteiger partial charge in [0.15, 0.2) is 0 Å². The number of carbonyl (C=O) groups is 2. The van der Waals surface area contributed by atoms with E-state index in [2.05, 4.69) is 15.3 Å². The number of carboxylic acids is 1. The lowest BCUT2D eigenvalue weighted by atomic mass is 10.2. The summed E-state index contributed by atoms with van der Waals surface area (Å²) in [4.78, 5) is 30.9. The van der Waals surface area contributed by atoms with E-state index in [0.717, 1.165) is 0 Å². The molecule has 0 aliphatic heterocycles. The summed E-state index contributed by atoms with van der Waals surface area (Å²) in [6.07, 6.45) is 2.61. The van der Waals surface area contributed by atoms with Crippen LogP contribution in [0, 0.1) is 6.92 Å². The van der Waals surface area contributed by atoms with E-state index in [1.165, 1.54) is 24.5 Å². The third kappa shape index (κ3) is 3.10. The molecular formula is C13H10ClN3O3. The molecule has 0 aromatic carbocycles. The van der Waals surface area contributed by atoms with Crippen molar-refractivity contribution < 1.29 is 14.7 Å². The minimum Gasteiger partial charge on any atom is -0.478 e. The Labute approximate surface area is 119 Å². The number of carbonyl (C=O) groups excluding carboxylic acids is 1. The zero-order valence-electron chi connectivity index (χ0n) is 10.4. The highest BCUT2D eigenvalue weighted by Crippen LogP contribution is 2.16. The van der Waals surface area contributed by atoms with Gasteiger partial charge in [-0.1, -0.05) is 11.6 Å². The van der Waals surface area contributed by atoms with Crippen molar-refractivity contribution in [1.29, 1.82) is 0 Å². The summed E-state index contributed by atoms with van der Waals surface area (Å²) >= 11 is 5.78. The number of aromatic nitrogens is 2. The fourth-order valence-corrected chi connectivity index (χ4v) is 1.89. The first-order valence-corrected chi connectivity index (χ1v) is 5.98. The van der Waals surface area contributed by atoms with Crippen LogP contribution in [-0.4, -0.2) is 27.0 Å². The van der Waals surface area contributed by atoms with Crippen LogP contribution >= 0.6 is 11.6 Å². The topological polar surface area (TPSA) is 92.2 Å². The second kappa shape index (κ2) is 5.66. The zero-order chi connectivity index (χ0) is 14.7.